The van der Waals surface area contributed by atoms with Crippen LogP contribution in [0.4, 0.5) is 5.69 Å². The maximum atomic E-state index is 10.9. The van der Waals surface area contributed by atoms with E-state index in [2.05, 4.69) is 25.7 Å². The minimum Gasteiger partial charge on any atom is -0.478 e. The van der Waals surface area contributed by atoms with Gasteiger partial charge in [0.05, 0.1) is 10.6 Å². The molecule has 0 amide bonds. The summed E-state index contributed by atoms with van der Waals surface area (Å²) in [5.74, 6) is -0.389. The Morgan fingerprint density at radius 3 is 2.56 bits per heavy atom. The lowest BCUT2D eigenvalue weighted by atomic mass is 10.1. The lowest BCUT2D eigenvalue weighted by molar-refractivity contribution is 0.0697. The number of hydrogen-bond donors (Lipinski definition) is 1. The van der Waals surface area contributed by atoms with Crippen LogP contribution in [0.15, 0.2) is 18.2 Å². The summed E-state index contributed by atoms with van der Waals surface area (Å²) in [5.41, 5.74) is 1.13. The molecule has 0 spiro atoms. The molecule has 18 heavy (non-hydrogen) atoms. The van der Waals surface area contributed by atoms with Crippen molar-refractivity contribution in [3.8, 4) is 0 Å². The molecule has 0 aromatic heterocycles. The summed E-state index contributed by atoms with van der Waals surface area (Å²) < 4.78 is 0. The van der Waals surface area contributed by atoms with Crippen molar-refractivity contribution in [2.75, 3.05) is 18.0 Å². The third-order valence-corrected chi connectivity index (χ3v) is 3.47. The van der Waals surface area contributed by atoms with E-state index >= 15 is 0 Å². The zero-order valence-corrected chi connectivity index (χ0v) is 11.9. The normalized spacial score (nSPS) is 12.2. The Kier molecular flexibility index (Phi) is 5.48. The van der Waals surface area contributed by atoms with Gasteiger partial charge in [0.1, 0.15) is 0 Å². The summed E-state index contributed by atoms with van der Waals surface area (Å²) in [6.07, 6.45) is 1.12. The maximum Gasteiger partial charge on any atom is 0.337 e. The number of anilines is 1. The van der Waals surface area contributed by atoms with Gasteiger partial charge in [-0.1, -0.05) is 31.9 Å². The van der Waals surface area contributed by atoms with Crippen LogP contribution in [0.1, 0.15) is 37.6 Å². The Morgan fingerprint density at radius 1 is 1.44 bits per heavy atom. The molecule has 0 bridgehead atoms. The van der Waals surface area contributed by atoms with Gasteiger partial charge in [-0.05, 0) is 31.0 Å². The van der Waals surface area contributed by atoms with Gasteiger partial charge in [-0.15, -0.1) is 0 Å². The van der Waals surface area contributed by atoms with E-state index < -0.39 is 5.97 Å². The van der Waals surface area contributed by atoms with Gasteiger partial charge in [-0.2, -0.15) is 0 Å². The Labute approximate surface area is 113 Å². The summed E-state index contributed by atoms with van der Waals surface area (Å²) in [6, 6.07) is 5.12. The molecule has 1 rings (SSSR count). The van der Waals surface area contributed by atoms with E-state index in [0.717, 1.165) is 25.2 Å². The van der Waals surface area contributed by atoms with Gasteiger partial charge in [0.15, 0.2) is 0 Å². The average molecular weight is 270 g/mol. The standard InChI is InChI=1S/C14H20ClNO2/c1-4-10(3)9-16(5-2)11-6-7-12(14(17)18)13(15)8-11/h6-8,10H,4-5,9H2,1-3H3,(H,17,18). The van der Waals surface area contributed by atoms with Gasteiger partial charge >= 0.3 is 5.97 Å². The number of nitrogens with zero attached hydrogens (tertiary/aromatic N) is 1. The van der Waals surface area contributed by atoms with Crippen LogP contribution in [-0.4, -0.2) is 24.2 Å². The van der Waals surface area contributed by atoms with Crippen LogP contribution in [0.5, 0.6) is 0 Å². The highest BCUT2D eigenvalue weighted by Crippen LogP contribution is 2.24. The fraction of sp³-hybridized carbons (Fsp3) is 0.500. The molecule has 1 aromatic rings. The Morgan fingerprint density at radius 2 is 2.11 bits per heavy atom. The SMILES string of the molecule is CCC(C)CN(CC)c1ccc(C(=O)O)c(Cl)c1. The second kappa shape index (κ2) is 6.64. The second-order valence-corrected chi connectivity index (χ2v) is 4.93. The first-order chi connectivity index (χ1) is 8.49. The topological polar surface area (TPSA) is 40.5 Å². The van der Waals surface area contributed by atoms with E-state index in [9.17, 15) is 4.79 Å². The molecular formula is C14H20ClNO2. The summed E-state index contributed by atoms with van der Waals surface area (Å²) in [7, 11) is 0. The fourth-order valence-electron chi connectivity index (χ4n) is 1.80. The van der Waals surface area contributed by atoms with Crippen LogP contribution in [-0.2, 0) is 0 Å². The zero-order valence-electron chi connectivity index (χ0n) is 11.1. The van der Waals surface area contributed by atoms with Gasteiger partial charge in [0.25, 0.3) is 0 Å². The minimum absolute atomic E-state index is 0.153. The first-order valence-electron chi connectivity index (χ1n) is 6.27. The van der Waals surface area contributed by atoms with E-state index in [1.807, 2.05) is 6.07 Å². The van der Waals surface area contributed by atoms with Crippen molar-refractivity contribution in [1.82, 2.24) is 0 Å². The number of carboxylic acid groups (broad SMARTS) is 1. The van der Waals surface area contributed by atoms with Gasteiger partial charge in [-0.3, -0.25) is 0 Å². The lowest BCUT2D eigenvalue weighted by Gasteiger charge is -2.26. The average Bonchev–Trinajstić information content (AvgIpc) is 2.34. The summed E-state index contributed by atoms with van der Waals surface area (Å²) in [4.78, 5) is 13.1. The number of carbonyl (C=O) groups is 1. The van der Waals surface area contributed by atoms with E-state index in [1.165, 1.54) is 0 Å². The monoisotopic (exact) mass is 269 g/mol. The van der Waals surface area contributed by atoms with Crippen molar-refractivity contribution >= 4 is 23.3 Å². The van der Waals surface area contributed by atoms with Crippen molar-refractivity contribution in [3.63, 3.8) is 0 Å². The number of benzene rings is 1. The third kappa shape index (κ3) is 3.64. The molecule has 0 aliphatic rings. The molecule has 0 aliphatic heterocycles. The number of halogens is 1. The van der Waals surface area contributed by atoms with E-state index in [0.29, 0.717) is 10.9 Å². The van der Waals surface area contributed by atoms with Crippen molar-refractivity contribution < 1.29 is 9.90 Å². The Hall–Kier alpha value is -1.22. The van der Waals surface area contributed by atoms with Crippen LogP contribution < -0.4 is 4.90 Å². The highest BCUT2D eigenvalue weighted by atomic mass is 35.5. The van der Waals surface area contributed by atoms with Crippen LogP contribution in [0, 0.1) is 5.92 Å². The first-order valence-corrected chi connectivity index (χ1v) is 6.65. The number of carboxylic acids is 1. The largest absolute Gasteiger partial charge is 0.478 e. The molecule has 1 N–H and O–H groups in total. The van der Waals surface area contributed by atoms with Crippen LogP contribution in [0.3, 0.4) is 0 Å². The van der Waals surface area contributed by atoms with E-state index in [4.69, 9.17) is 16.7 Å². The molecule has 3 nitrogen and oxygen atoms in total. The Bertz CT molecular complexity index is 420. The quantitative estimate of drug-likeness (QED) is 0.851. The van der Waals surface area contributed by atoms with E-state index in [-0.39, 0.29) is 5.56 Å². The molecule has 1 atom stereocenters. The molecule has 0 heterocycles. The van der Waals surface area contributed by atoms with Crippen molar-refractivity contribution in [3.05, 3.63) is 28.8 Å². The summed E-state index contributed by atoms with van der Waals surface area (Å²) in [6.45, 7) is 8.29. The Balaban J connectivity index is 2.94. The predicted octanol–water partition coefficient (Wildman–Crippen LogP) is 3.91. The highest BCUT2D eigenvalue weighted by Gasteiger charge is 2.13. The molecule has 0 radical (unpaired) electrons. The molecule has 0 aliphatic carbocycles. The van der Waals surface area contributed by atoms with Crippen LogP contribution in [0.2, 0.25) is 5.02 Å². The molecule has 0 saturated carbocycles. The van der Waals surface area contributed by atoms with Gasteiger partial charge in [0, 0.05) is 18.8 Å². The smallest absolute Gasteiger partial charge is 0.337 e. The molecule has 1 aromatic carbocycles. The number of rotatable bonds is 6. The summed E-state index contributed by atoms with van der Waals surface area (Å²) in [5, 5.41) is 9.23. The van der Waals surface area contributed by atoms with Crippen molar-refractivity contribution in [2.45, 2.75) is 27.2 Å². The van der Waals surface area contributed by atoms with Gasteiger partial charge in [0.2, 0.25) is 0 Å². The number of aromatic carboxylic acids is 1. The molecule has 0 fully saturated rings. The number of hydrogen-bond acceptors (Lipinski definition) is 2. The molecule has 100 valence electrons. The van der Waals surface area contributed by atoms with Gasteiger partial charge in [-0.25, -0.2) is 4.79 Å². The first kappa shape index (κ1) is 14.8. The lowest BCUT2D eigenvalue weighted by Crippen LogP contribution is -2.28. The van der Waals surface area contributed by atoms with Crippen molar-refractivity contribution in [2.24, 2.45) is 5.92 Å². The van der Waals surface area contributed by atoms with Crippen LogP contribution in [0.25, 0.3) is 0 Å². The molecule has 1 unspecified atom stereocenters. The fourth-order valence-corrected chi connectivity index (χ4v) is 2.05. The predicted molar refractivity (Wildman–Crippen MR) is 75.8 cm³/mol. The van der Waals surface area contributed by atoms with E-state index in [1.54, 1.807) is 12.1 Å². The maximum absolute atomic E-state index is 10.9. The highest BCUT2D eigenvalue weighted by molar-refractivity contribution is 6.33. The van der Waals surface area contributed by atoms with Crippen LogP contribution >= 0.6 is 11.6 Å². The van der Waals surface area contributed by atoms with Crippen molar-refractivity contribution in [1.29, 1.82) is 0 Å². The molecular weight excluding hydrogens is 250 g/mol. The third-order valence-electron chi connectivity index (χ3n) is 3.16. The summed E-state index contributed by atoms with van der Waals surface area (Å²) >= 11 is 5.99. The second-order valence-electron chi connectivity index (χ2n) is 4.52. The molecule has 4 heteroatoms. The minimum atomic E-state index is -0.989. The molecule has 0 saturated heterocycles. The van der Waals surface area contributed by atoms with Gasteiger partial charge < -0.3 is 10.0 Å². The zero-order chi connectivity index (χ0) is 13.7.